The molecule has 1 saturated heterocycles. The molecule has 6 nitrogen and oxygen atoms in total. The number of aromatic nitrogens is 1. The molecule has 36 heavy (non-hydrogen) atoms. The number of aromatic amines is 1. The lowest BCUT2D eigenvalue weighted by Gasteiger charge is -2.51. The largest absolute Gasteiger partial charge is 0.496 e. The van der Waals surface area contributed by atoms with Gasteiger partial charge in [-0.25, -0.2) is 0 Å². The van der Waals surface area contributed by atoms with E-state index >= 15 is 0 Å². The standard InChI is InChI=1S/C29H26BrN3O3/c1-29-27-26(21-8-4-5-9-23(21)31-27)22(18-11-13-20(30)14-12-18)16-33(29)25(34)17-32(28(29)35)15-19-7-3-6-10-24(19)36-2/h3-14,22,31H,15-17H2,1-2H3/t22-,29-/m0/s1. The number of halogens is 1. The summed E-state index contributed by atoms with van der Waals surface area (Å²) in [5, 5.41) is 1.09. The van der Waals surface area contributed by atoms with Crippen molar-refractivity contribution in [3.05, 3.63) is 99.7 Å². The second-order valence-corrected chi connectivity index (χ2v) is 10.5. The van der Waals surface area contributed by atoms with Crippen LogP contribution in [0.3, 0.4) is 0 Å². The van der Waals surface area contributed by atoms with Gasteiger partial charge in [0.1, 0.15) is 12.3 Å². The van der Waals surface area contributed by atoms with E-state index in [-0.39, 0.29) is 24.3 Å². The van der Waals surface area contributed by atoms with Gasteiger partial charge in [-0.1, -0.05) is 64.5 Å². The summed E-state index contributed by atoms with van der Waals surface area (Å²) < 4.78 is 6.51. The van der Waals surface area contributed by atoms with Crippen molar-refractivity contribution in [2.75, 3.05) is 20.2 Å². The third kappa shape index (κ3) is 3.37. The molecule has 2 aliphatic heterocycles. The van der Waals surface area contributed by atoms with Crippen molar-refractivity contribution in [3.8, 4) is 5.75 Å². The van der Waals surface area contributed by atoms with Gasteiger partial charge >= 0.3 is 0 Å². The molecule has 7 heteroatoms. The van der Waals surface area contributed by atoms with Crippen LogP contribution in [0.4, 0.5) is 0 Å². The fraction of sp³-hybridized carbons (Fsp3) is 0.241. The van der Waals surface area contributed by atoms with Crippen molar-refractivity contribution < 1.29 is 14.3 Å². The minimum absolute atomic E-state index is 0.0368. The van der Waals surface area contributed by atoms with Crippen LogP contribution >= 0.6 is 15.9 Å². The molecular weight excluding hydrogens is 518 g/mol. The summed E-state index contributed by atoms with van der Waals surface area (Å²) in [6.07, 6.45) is 0. The molecule has 1 N–H and O–H groups in total. The second-order valence-electron chi connectivity index (χ2n) is 9.61. The zero-order valence-corrected chi connectivity index (χ0v) is 21.7. The topological polar surface area (TPSA) is 65.6 Å². The summed E-state index contributed by atoms with van der Waals surface area (Å²) in [5.41, 5.74) is 3.71. The first-order chi connectivity index (χ1) is 17.4. The number of carbonyl (C=O) groups excluding carboxylic acids is 2. The Kier molecular flexibility index (Phi) is 5.41. The maximum absolute atomic E-state index is 14.2. The molecule has 0 radical (unpaired) electrons. The van der Waals surface area contributed by atoms with E-state index in [0.29, 0.717) is 18.8 Å². The number of para-hydroxylation sites is 2. The van der Waals surface area contributed by atoms with Crippen LogP contribution in [0.5, 0.6) is 5.75 Å². The summed E-state index contributed by atoms with van der Waals surface area (Å²) in [5.74, 6) is 0.513. The summed E-state index contributed by atoms with van der Waals surface area (Å²) >= 11 is 3.53. The molecule has 0 saturated carbocycles. The van der Waals surface area contributed by atoms with E-state index in [2.05, 4.69) is 39.1 Å². The number of piperazine rings is 1. The zero-order valence-electron chi connectivity index (χ0n) is 20.1. The maximum Gasteiger partial charge on any atom is 0.255 e. The van der Waals surface area contributed by atoms with E-state index < -0.39 is 5.54 Å². The number of amides is 2. The van der Waals surface area contributed by atoms with Crippen LogP contribution in [0.15, 0.2) is 77.3 Å². The molecule has 2 atom stereocenters. The van der Waals surface area contributed by atoms with Crippen LogP contribution in [0.1, 0.15) is 35.2 Å². The van der Waals surface area contributed by atoms with Gasteiger partial charge in [-0.2, -0.15) is 0 Å². The van der Waals surface area contributed by atoms with Crippen molar-refractivity contribution >= 4 is 38.6 Å². The highest BCUT2D eigenvalue weighted by atomic mass is 79.9. The number of fused-ring (bicyclic) bond motifs is 5. The van der Waals surface area contributed by atoms with Crippen molar-refractivity contribution in [2.45, 2.75) is 24.9 Å². The molecule has 3 aromatic carbocycles. The molecule has 182 valence electrons. The number of ether oxygens (including phenoxy) is 1. The van der Waals surface area contributed by atoms with Gasteiger partial charge in [0.05, 0.1) is 12.8 Å². The van der Waals surface area contributed by atoms with Crippen LogP contribution < -0.4 is 4.74 Å². The van der Waals surface area contributed by atoms with Gasteiger partial charge in [-0.15, -0.1) is 0 Å². The Morgan fingerprint density at radius 1 is 1.03 bits per heavy atom. The van der Waals surface area contributed by atoms with E-state index in [1.807, 2.05) is 61.5 Å². The zero-order chi connectivity index (χ0) is 25.0. The first-order valence-corrected chi connectivity index (χ1v) is 12.8. The summed E-state index contributed by atoms with van der Waals surface area (Å²) in [7, 11) is 1.62. The molecule has 3 heterocycles. The molecule has 0 aliphatic carbocycles. The first-order valence-electron chi connectivity index (χ1n) is 12.0. The van der Waals surface area contributed by atoms with E-state index in [1.165, 1.54) is 0 Å². The molecule has 0 spiro atoms. The Bertz CT molecular complexity index is 1500. The molecule has 2 aliphatic rings. The van der Waals surface area contributed by atoms with Crippen LogP contribution in [-0.4, -0.2) is 46.8 Å². The number of rotatable bonds is 4. The second kappa shape index (κ2) is 8.52. The quantitative estimate of drug-likeness (QED) is 0.386. The fourth-order valence-electron chi connectivity index (χ4n) is 5.84. The van der Waals surface area contributed by atoms with E-state index in [1.54, 1.807) is 16.9 Å². The van der Waals surface area contributed by atoms with Gasteiger partial charge in [0.2, 0.25) is 5.91 Å². The molecule has 6 rings (SSSR count). The number of benzene rings is 3. The van der Waals surface area contributed by atoms with Crippen molar-refractivity contribution in [2.24, 2.45) is 0 Å². The van der Waals surface area contributed by atoms with E-state index in [9.17, 15) is 9.59 Å². The van der Waals surface area contributed by atoms with Gasteiger partial charge in [-0.05, 0) is 42.3 Å². The van der Waals surface area contributed by atoms with Gasteiger partial charge < -0.3 is 19.5 Å². The first kappa shape index (κ1) is 22.9. The molecule has 4 aromatic rings. The molecule has 0 bridgehead atoms. The number of H-pyrrole nitrogens is 1. The SMILES string of the molecule is COc1ccccc1CN1CC(=O)N2C[C@@H](c3ccc(Br)cc3)c3c([nH]c4ccccc34)[C@@]2(C)C1=O. The highest BCUT2D eigenvalue weighted by Gasteiger charge is 2.56. The molecule has 2 amide bonds. The Balaban J connectivity index is 1.49. The predicted octanol–water partition coefficient (Wildman–Crippen LogP) is 5.17. The van der Waals surface area contributed by atoms with E-state index in [0.717, 1.165) is 37.8 Å². The summed E-state index contributed by atoms with van der Waals surface area (Å²) in [6.45, 7) is 2.67. The van der Waals surface area contributed by atoms with Crippen LogP contribution in [-0.2, 0) is 21.7 Å². The monoisotopic (exact) mass is 543 g/mol. The Hall–Kier alpha value is -3.58. The highest BCUT2D eigenvalue weighted by molar-refractivity contribution is 9.10. The number of carbonyl (C=O) groups is 2. The van der Waals surface area contributed by atoms with Gasteiger partial charge in [0.25, 0.3) is 5.91 Å². The molecule has 0 unspecified atom stereocenters. The lowest BCUT2D eigenvalue weighted by Crippen LogP contribution is -2.67. The molecular formula is C29H26BrN3O3. The number of hydrogen-bond acceptors (Lipinski definition) is 3. The van der Waals surface area contributed by atoms with Gasteiger partial charge in [-0.3, -0.25) is 9.59 Å². The molecule has 1 aromatic heterocycles. The lowest BCUT2D eigenvalue weighted by atomic mass is 9.76. The van der Waals surface area contributed by atoms with Crippen LogP contribution in [0.25, 0.3) is 10.9 Å². The smallest absolute Gasteiger partial charge is 0.255 e. The van der Waals surface area contributed by atoms with Gasteiger partial charge in [0.15, 0.2) is 5.54 Å². The van der Waals surface area contributed by atoms with Crippen LogP contribution in [0.2, 0.25) is 0 Å². The highest BCUT2D eigenvalue weighted by Crippen LogP contribution is 2.48. The Labute approximate surface area is 218 Å². The van der Waals surface area contributed by atoms with E-state index in [4.69, 9.17) is 4.74 Å². The Morgan fingerprint density at radius 3 is 2.53 bits per heavy atom. The number of nitrogens with one attached hydrogen (secondary N) is 1. The summed E-state index contributed by atoms with van der Waals surface area (Å²) in [4.78, 5) is 34.9. The maximum atomic E-state index is 14.2. The third-order valence-electron chi connectivity index (χ3n) is 7.64. The normalized spacial score (nSPS) is 21.5. The van der Waals surface area contributed by atoms with Crippen molar-refractivity contribution in [3.63, 3.8) is 0 Å². The molecule has 1 fully saturated rings. The van der Waals surface area contributed by atoms with Crippen molar-refractivity contribution in [1.29, 1.82) is 0 Å². The number of hydrogen-bond donors (Lipinski definition) is 1. The number of nitrogens with zero attached hydrogens (tertiary/aromatic N) is 2. The average molecular weight is 544 g/mol. The number of methoxy groups -OCH3 is 1. The Morgan fingerprint density at radius 2 is 1.75 bits per heavy atom. The minimum Gasteiger partial charge on any atom is -0.496 e. The summed E-state index contributed by atoms with van der Waals surface area (Å²) in [6, 6.07) is 24.0. The third-order valence-corrected chi connectivity index (χ3v) is 8.17. The minimum atomic E-state index is -1.13. The van der Waals surface area contributed by atoms with Gasteiger partial charge in [0, 0.05) is 39.9 Å². The lowest BCUT2D eigenvalue weighted by molar-refractivity contribution is -0.166. The van der Waals surface area contributed by atoms with Crippen LogP contribution in [0, 0.1) is 0 Å². The average Bonchev–Trinajstić information content (AvgIpc) is 3.29. The fourth-order valence-corrected chi connectivity index (χ4v) is 6.10. The van der Waals surface area contributed by atoms with Crippen molar-refractivity contribution in [1.82, 2.24) is 14.8 Å². The predicted molar refractivity (Wildman–Crippen MR) is 142 cm³/mol.